The predicted molar refractivity (Wildman–Crippen MR) is 76.8 cm³/mol. The number of anilines is 1. The standard InChI is InChI=1S/C11H11Cl3N2O4/c12-5-3-7(14)9(4-6(5)13)16-11(20)15-8(1-2-17)10(18)19/h3-4,8,17H,1-2H2,(H,18,19)(H2,15,16,20)/t8-/m0/s1. The van der Waals surface area contributed by atoms with Crippen molar-refractivity contribution < 1.29 is 19.8 Å². The highest BCUT2D eigenvalue weighted by Gasteiger charge is 2.19. The van der Waals surface area contributed by atoms with E-state index in [1.54, 1.807) is 0 Å². The number of nitrogens with one attached hydrogen (secondary N) is 2. The van der Waals surface area contributed by atoms with E-state index in [2.05, 4.69) is 10.6 Å². The minimum absolute atomic E-state index is 0.113. The first kappa shape index (κ1) is 16.8. The Morgan fingerprint density at radius 1 is 1.15 bits per heavy atom. The molecule has 2 amide bonds. The summed E-state index contributed by atoms with van der Waals surface area (Å²) in [6.07, 6.45) is -0.113. The Bertz CT molecular complexity index is 525. The highest BCUT2D eigenvalue weighted by Crippen LogP contribution is 2.32. The van der Waals surface area contributed by atoms with Gasteiger partial charge in [0, 0.05) is 13.0 Å². The van der Waals surface area contributed by atoms with E-state index in [-0.39, 0.29) is 33.8 Å². The SMILES string of the molecule is O=C(Nc1cc(Cl)c(Cl)cc1Cl)N[C@@H](CCO)C(=O)O. The molecule has 1 rings (SSSR count). The van der Waals surface area contributed by atoms with Gasteiger partial charge in [0.15, 0.2) is 0 Å². The number of carbonyl (C=O) groups is 2. The monoisotopic (exact) mass is 340 g/mol. The number of aliphatic carboxylic acids is 1. The van der Waals surface area contributed by atoms with Crippen molar-refractivity contribution in [3.05, 3.63) is 27.2 Å². The lowest BCUT2D eigenvalue weighted by molar-refractivity contribution is -0.139. The van der Waals surface area contributed by atoms with Crippen LogP contribution in [0.1, 0.15) is 6.42 Å². The number of carbonyl (C=O) groups excluding carboxylic acids is 1. The number of urea groups is 1. The van der Waals surface area contributed by atoms with Crippen molar-refractivity contribution in [1.29, 1.82) is 0 Å². The number of halogens is 3. The zero-order valence-electron chi connectivity index (χ0n) is 9.99. The molecule has 0 bridgehead atoms. The number of rotatable bonds is 5. The van der Waals surface area contributed by atoms with Crippen LogP contribution in [-0.2, 0) is 4.79 Å². The molecule has 0 radical (unpaired) electrons. The van der Waals surface area contributed by atoms with Gasteiger partial charge in [0.25, 0.3) is 0 Å². The van der Waals surface area contributed by atoms with Crippen LogP contribution in [0.3, 0.4) is 0 Å². The summed E-state index contributed by atoms with van der Waals surface area (Å²) in [4.78, 5) is 22.5. The number of carboxylic acid groups (broad SMARTS) is 1. The number of benzene rings is 1. The summed E-state index contributed by atoms with van der Waals surface area (Å²) in [5.74, 6) is -1.26. The first-order valence-corrected chi connectivity index (χ1v) is 6.54. The van der Waals surface area contributed by atoms with Gasteiger partial charge in [-0.05, 0) is 12.1 Å². The number of aliphatic hydroxyl groups is 1. The van der Waals surface area contributed by atoms with Gasteiger partial charge in [-0.1, -0.05) is 34.8 Å². The molecule has 1 aromatic carbocycles. The van der Waals surface area contributed by atoms with E-state index >= 15 is 0 Å². The zero-order valence-corrected chi connectivity index (χ0v) is 12.3. The van der Waals surface area contributed by atoms with Crippen LogP contribution in [0.5, 0.6) is 0 Å². The van der Waals surface area contributed by atoms with Crippen molar-refractivity contribution in [2.24, 2.45) is 0 Å². The smallest absolute Gasteiger partial charge is 0.326 e. The topological polar surface area (TPSA) is 98.7 Å². The van der Waals surface area contributed by atoms with Crippen molar-refractivity contribution >= 4 is 52.5 Å². The molecule has 4 N–H and O–H groups in total. The summed E-state index contributed by atoms with van der Waals surface area (Å²) in [6, 6.07) is 0.699. The summed E-state index contributed by atoms with van der Waals surface area (Å²) >= 11 is 17.4. The van der Waals surface area contributed by atoms with Gasteiger partial charge in [0.1, 0.15) is 6.04 Å². The average Bonchev–Trinajstić information content (AvgIpc) is 2.35. The fraction of sp³-hybridized carbons (Fsp3) is 0.273. The molecule has 6 nitrogen and oxygen atoms in total. The Morgan fingerprint density at radius 3 is 2.30 bits per heavy atom. The second-order valence-corrected chi connectivity index (χ2v) is 4.97. The van der Waals surface area contributed by atoms with Crippen molar-refractivity contribution in [2.75, 3.05) is 11.9 Å². The van der Waals surface area contributed by atoms with Crippen LogP contribution in [-0.4, -0.2) is 34.9 Å². The Labute approximate surface area is 129 Å². The lowest BCUT2D eigenvalue weighted by Gasteiger charge is -2.15. The third-order valence-corrected chi connectivity index (χ3v) is 3.31. The minimum Gasteiger partial charge on any atom is -0.480 e. The Morgan fingerprint density at radius 2 is 1.75 bits per heavy atom. The van der Waals surface area contributed by atoms with E-state index in [0.29, 0.717) is 0 Å². The first-order valence-electron chi connectivity index (χ1n) is 5.41. The van der Waals surface area contributed by atoms with E-state index in [1.807, 2.05) is 0 Å². The molecular formula is C11H11Cl3N2O4. The molecule has 0 heterocycles. The van der Waals surface area contributed by atoms with Gasteiger partial charge in [0.2, 0.25) is 0 Å². The van der Waals surface area contributed by atoms with Gasteiger partial charge in [-0.25, -0.2) is 9.59 Å². The van der Waals surface area contributed by atoms with E-state index in [9.17, 15) is 9.59 Å². The van der Waals surface area contributed by atoms with E-state index in [4.69, 9.17) is 45.0 Å². The van der Waals surface area contributed by atoms with Gasteiger partial charge >= 0.3 is 12.0 Å². The molecule has 110 valence electrons. The number of amides is 2. The Kier molecular flexibility index (Phi) is 6.35. The molecule has 0 spiro atoms. The highest BCUT2D eigenvalue weighted by atomic mass is 35.5. The van der Waals surface area contributed by atoms with Gasteiger partial charge in [-0.2, -0.15) is 0 Å². The summed E-state index contributed by atoms with van der Waals surface area (Å²) in [6.45, 7) is -0.370. The Balaban J connectivity index is 2.75. The van der Waals surface area contributed by atoms with Crippen molar-refractivity contribution in [3.8, 4) is 0 Å². The van der Waals surface area contributed by atoms with Gasteiger partial charge < -0.3 is 20.8 Å². The molecule has 9 heteroatoms. The number of hydrogen-bond acceptors (Lipinski definition) is 3. The van der Waals surface area contributed by atoms with Crippen LogP contribution < -0.4 is 10.6 Å². The molecule has 0 fully saturated rings. The predicted octanol–water partition coefficient (Wildman–Crippen LogP) is 2.60. The molecule has 1 atom stereocenters. The molecule has 0 saturated heterocycles. The lowest BCUT2D eigenvalue weighted by Crippen LogP contribution is -2.43. The first-order chi connectivity index (χ1) is 9.35. The van der Waals surface area contributed by atoms with Crippen molar-refractivity contribution in [3.63, 3.8) is 0 Å². The summed E-state index contributed by atoms with van der Waals surface area (Å²) in [7, 11) is 0. The van der Waals surface area contributed by atoms with Crippen molar-refractivity contribution in [2.45, 2.75) is 12.5 Å². The largest absolute Gasteiger partial charge is 0.480 e. The molecule has 0 aliphatic carbocycles. The molecule has 0 aliphatic heterocycles. The van der Waals surface area contributed by atoms with Crippen LogP contribution in [0.2, 0.25) is 15.1 Å². The summed E-state index contributed by atoms with van der Waals surface area (Å²) in [5, 5.41) is 22.7. The number of carboxylic acids is 1. The van der Waals surface area contributed by atoms with Crippen molar-refractivity contribution in [1.82, 2.24) is 5.32 Å². The fourth-order valence-corrected chi connectivity index (χ4v) is 1.92. The molecular weight excluding hydrogens is 330 g/mol. The highest BCUT2D eigenvalue weighted by molar-refractivity contribution is 6.44. The molecule has 0 aliphatic rings. The lowest BCUT2D eigenvalue weighted by atomic mass is 10.2. The van der Waals surface area contributed by atoms with Gasteiger partial charge in [0.05, 0.1) is 20.8 Å². The van der Waals surface area contributed by atoms with Crippen LogP contribution in [0, 0.1) is 0 Å². The summed E-state index contributed by atoms with van der Waals surface area (Å²) < 4.78 is 0. The van der Waals surface area contributed by atoms with E-state index < -0.39 is 18.0 Å². The molecule has 20 heavy (non-hydrogen) atoms. The van der Waals surface area contributed by atoms with Crippen LogP contribution in [0.4, 0.5) is 10.5 Å². The zero-order chi connectivity index (χ0) is 15.3. The summed E-state index contributed by atoms with van der Waals surface area (Å²) in [5.41, 5.74) is 0.187. The maximum atomic E-state index is 11.6. The minimum atomic E-state index is -1.26. The maximum absolute atomic E-state index is 11.6. The molecule has 0 saturated carbocycles. The van der Waals surface area contributed by atoms with Gasteiger partial charge in [-0.3, -0.25) is 0 Å². The Hall–Kier alpha value is -1.21. The average molecular weight is 342 g/mol. The molecule has 0 aromatic heterocycles. The van der Waals surface area contributed by atoms with Crippen LogP contribution >= 0.6 is 34.8 Å². The number of hydrogen-bond donors (Lipinski definition) is 4. The van der Waals surface area contributed by atoms with Gasteiger partial charge in [-0.15, -0.1) is 0 Å². The molecule has 1 aromatic rings. The third kappa shape index (κ3) is 4.72. The fourth-order valence-electron chi connectivity index (χ4n) is 1.32. The van der Waals surface area contributed by atoms with Crippen LogP contribution in [0.15, 0.2) is 12.1 Å². The second-order valence-electron chi connectivity index (χ2n) is 3.75. The molecule has 0 unspecified atom stereocenters. The van der Waals surface area contributed by atoms with E-state index in [0.717, 1.165) is 0 Å². The number of aliphatic hydroxyl groups excluding tert-OH is 1. The normalized spacial score (nSPS) is 11.8. The quantitative estimate of drug-likeness (QED) is 0.619. The third-order valence-electron chi connectivity index (χ3n) is 2.28. The second kappa shape index (κ2) is 7.54. The van der Waals surface area contributed by atoms with E-state index in [1.165, 1.54) is 12.1 Å². The maximum Gasteiger partial charge on any atom is 0.326 e. The van der Waals surface area contributed by atoms with Crippen LogP contribution in [0.25, 0.3) is 0 Å².